The van der Waals surface area contributed by atoms with Crippen molar-refractivity contribution in [2.45, 2.75) is 24.3 Å². The SMILES string of the molecule is Cc1ccc(-n2nnnc2S[C@@H](C)C(=O)O)cc1. The van der Waals surface area contributed by atoms with Gasteiger partial charge in [-0.3, -0.25) is 4.79 Å². The number of aryl methyl sites for hydroxylation is 1. The van der Waals surface area contributed by atoms with E-state index in [4.69, 9.17) is 5.11 Å². The van der Waals surface area contributed by atoms with Gasteiger partial charge in [0.25, 0.3) is 0 Å². The molecule has 2 rings (SSSR count). The standard InChI is InChI=1S/C11H12N4O2S/c1-7-3-5-9(6-4-7)15-11(12-13-14-15)18-8(2)10(16)17/h3-6,8H,1-2H3,(H,16,17)/t8-/m0/s1. The number of carboxylic acids is 1. The topological polar surface area (TPSA) is 80.9 Å². The normalized spacial score (nSPS) is 12.3. The molecule has 0 amide bonds. The largest absolute Gasteiger partial charge is 0.480 e. The Morgan fingerprint density at radius 3 is 2.67 bits per heavy atom. The van der Waals surface area contributed by atoms with Crippen LogP contribution in [0, 0.1) is 6.92 Å². The quantitative estimate of drug-likeness (QED) is 0.843. The first-order chi connectivity index (χ1) is 8.58. The number of thioether (sulfide) groups is 1. The first kappa shape index (κ1) is 12.6. The third-order valence-electron chi connectivity index (χ3n) is 2.35. The van der Waals surface area contributed by atoms with Gasteiger partial charge in [-0.1, -0.05) is 29.5 Å². The Bertz CT molecular complexity index is 552. The van der Waals surface area contributed by atoms with Crippen LogP contribution in [0.1, 0.15) is 12.5 Å². The van der Waals surface area contributed by atoms with Gasteiger partial charge in [0.15, 0.2) is 0 Å². The Kier molecular flexibility index (Phi) is 3.61. The smallest absolute Gasteiger partial charge is 0.316 e. The molecule has 0 aliphatic heterocycles. The zero-order valence-electron chi connectivity index (χ0n) is 9.94. The van der Waals surface area contributed by atoms with Gasteiger partial charge in [-0.15, -0.1) is 5.10 Å². The predicted octanol–water partition coefficient (Wildman–Crippen LogP) is 1.54. The van der Waals surface area contributed by atoms with Crippen molar-refractivity contribution < 1.29 is 9.90 Å². The van der Waals surface area contributed by atoms with Gasteiger partial charge in [0.2, 0.25) is 5.16 Å². The second kappa shape index (κ2) is 5.18. The molecule has 0 unspecified atom stereocenters. The van der Waals surface area contributed by atoms with E-state index in [1.54, 1.807) is 6.92 Å². The maximum atomic E-state index is 10.8. The number of rotatable bonds is 4. The molecule has 18 heavy (non-hydrogen) atoms. The molecule has 0 aliphatic carbocycles. The van der Waals surface area contributed by atoms with Crippen molar-refractivity contribution >= 4 is 17.7 Å². The lowest BCUT2D eigenvalue weighted by Crippen LogP contribution is -2.12. The molecule has 1 aromatic carbocycles. The molecule has 2 aromatic rings. The van der Waals surface area contributed by atoms with Crippen LogP contribution >= 0.6 is 11.8 Å². The number of aliphatic carboxylic acids is 1. The van der Waals surface area contributed by atoms with Crippen LogP contribution in [0.5, 0.6) is 0 Å². The third-order valence-corrected chi connectivity index (χ3v) is 3.37. The number of tetrazole rings is 1. The number of carbonyl (C=O) groups is 1. The van der Waals surface area contributed by atoms with Crippen molar-refractivity contribution in [3.05, 3.63) is 29.8 Å². The fraction of sp³-hybridized carbons (Fsp3) is 0.273. The molecular formula is C11H12N4O2S. The van der Waals surface area contributed by atoms with Crippen LogP contribution in [0.2, 0.25) is 0 Å². The van der Waals surface area contributed by atoms with Crippen LogP contribution < -0.4 is 0 Å². The number of hydrogen-bond acceptors (Lipinski definition) is 5. The number of aromatic nitrogens is 4. The second-order valence-electron chi connectivity index (χ2n) is 3.81. The summed E-state index contributed by atoms with van der Waals surface area (Å²) in [6.07, 6.45) is 0. The molecule has 1 aromatic heterocycles. The second-order valence-corrected chi connectivity index (χ2v) is 5.12. The zero-order valence-corrected chi connectivity index (χ0v) is 10.8. The molecule has 0 fully saturated rings. The van der Waals surface area contributed by atoms with E-state index in [0.29, 0.717) is 5.16 Å². The highest BCUT2D eigenvalue weighted by molar-refractivity contribution is 8.00. The highest BCUT2D eigenvalue weighted by Gasteiger charge is 2.17. The molecule has 1 atom stereocenters. The molecular weight excluding hydrogens is 252 g/mol. The Hall–Kier alpha value is -1.89. The Morgan fingerprint density at radius 1 is 1.39 bits per heavy atom. The average molecular weight is 264 g/mol. The fourth-order valence-corrected chi connectivity index (χ4v) is 2.05. The van der Waals surface area contributed by atoms with Crippen molar-refractivity contribution in [3.63, 3.8) is 0 Å². The predicted molar refractivity (Wildman–Crippen MR) is 66.8 cm³/mol. The minimum Gasteiger partial charge on any atom is -0.480 e. The van der Waals surface area contributed by atoms with Crippen LogP contribution in [0.4, 0.5) is 0 Å². The maximum absolute atomic E-state index is 10.8. The molecule has 1 heterocycles. The summed E-state index contributed by atoms with van der Waals surface area (Å²) in [5, 5.41) is 20.0. The monoisotopic (exact) mass is 264 g/mol. The molecule has 6 nitrogen and oxygen atoms in total. The van der Waals surface area contributed by atoms with E-state index in [1.165, 1.54) is 4.68 Å². The summed E-state index contributed by atoms with van der Waals surface area (Å²) >= 11 is 1.11. The van der Waals surface area contributed by atoms with Gasteiger partial charge < -0.3 is 5.11 Å². The Balaban J connectivity index is 2.27. The molecule has 0 radical (unpaired) electrons. The lowest BCUT2D eigenvalue weighted by molar-refractivity contribution is -0.136. The first-order valence-corrected chi connectivity index (χ1v) is 6.21. The summed E-state index contributed by atoms with van der Waals surface area (Å²) in [7, 11) is 0. The number of benzene rings is 1. The molecule has 0 aliphatic rings. The minimum absolute atomic E-state index is 0.466. The first-order valence-electron chi connectivity index (χ1n) is 5.33. The van der Waals surface area contributed by atoms with Crippen molar-refractivity contribution in [2.75, 3.05) is 0 Å². The summed E-state index contributed by atoms with van der Waals surface area (Å²) in [6.45, 7) is 3.59. The van der Waals surface area contributed by atoms with E-state index in [2.05, 4.69) is 15.5 Å². The van der Waals surface area contributed by atoms with Gasteiger partial charge >= 0.3 is 5.97 Å². The fourth-order valence-electron chi connectivity index (χ4n) is 1.31. The summed E-state index contributed by atoms with van der Waals surface area (Å²) in [5.41, 5.74) is 1.95. The van der Waals surface area contributed by atoms with E-state index < -0.39 is 11.2 Å². The lowest BCUT2D eigenvalue weighted by Gasteiger charge is -2.06. The zero-order chi connectivity index (χ0) is 13.1. The van der Waals surface area contributed by atoms with Gasteiger partial charge in [0, 0.05) is 0 Å². The third kappa shape index (κ3) is 2.67. The molecule has 0 spiro atoms. The van der Waals surface area contributed by atoms with Crippen molar-refractivity contribution in [1.29, 1.82) is 0 Å². The minimum atomic E-state index is -0.890. The van der Waals surface area contributed by atoms with E-state index >= 15 is 0 Å². The van der Waals surface area contributed by atoms with Crippen molar-refractivity contribution in [2.24, 2.45) is 0 Å². The summed E-state index contributed by atoms with van der Waals surface area (Å²) in [5.74, 6) is -0.890. The van der Waals surface area contributed by atoms with E-state index in [9.17, 15) is 4.79 Å². The number of carboxylic acid groups (broad SMARTS) is 1. The van der Waals surface area contributed by atoms with Crippen LogP contribution in [-0.2, 0) is 4.79 Å². The summed E-state index contributed by atoms with van der Waals surface area (Å²) < 4.78 is 1.53. The van der Waals surface area contributed by atoms with E-state index in [-0.39, 0.29) is 0 Å². The van der Waals surface area contributed by atoms with Crippen LogP contribution in [0.15, 0.2) is 29.4 Å². The lowest BCUT2D eigenvalue weighted by atomic mass is 10.2. The van der Waals surface area contributed by atoms with Crippen molar-refractivity contribution in [1.82, 2.24) is 20.2 Å². The van der Waals surface area contributed by atoms with Gasteiger partial charge in [0.05, 0.1) is 5.69 Å². The summed E-state index contributed by atoms with van der Waals surface area (Å²) in [6, 6.07) is 7.68. The molecule has 94 valence electrons. The number of nitrogens with zero attached hydrogens (tertiary/aromatic N) is 4. The van der Waals surface area contributed by atoms with Gasteiger partial charge in [-0.2, -0.15) is 4.68 Å². The van der Waals surface area contributed by atoms with E-state index in [0.717, 1.165) is 23.0 Å². The van der Waals surface area contributed by atoms with Crippen LogP contribution in [0.25, 0.3) is 5.69 Å². The van der Waals surface area contributed by atoms with Crippen molar-refractivity contribution in [3.8, 4) is 5.69 Å². The Labute approximate surface area is 108 Å². The summed E-state index contributed by atoms with van der Waals surface area (Å²) in [4.78, 5) is 10.8. The van der Waals surface area contributed by atoms with Gasteiger partial charge in [-0.25, -0.2) is 0 Å². The van der Waals surface area contributed by atoms with Gasteiger partial charge in [0.1, 0.15) is 5.25 Å². The highest BCUT2D eigenvalue weighted by atomic mass is 32.2. The maximum Gasteiger partial charge on any atom is 0.316 e. The van der Waals surface area contributed by atoms with Crippen LogP contribution in [-0.4, -0.2) is 36.5 Å². The average Bonchev–Trinajstić information content (AvgIpc) is 2.78. The molecule has 0 saturated heterocycles. The van der Waals surface area contributed by atoms with Crippen LogP contribution in [0.3, 0.4) is 0 Å². The Morgan fingerprint density at radius 2 is 2.06 bits per heavy atom. The molecule has 0 bridgehead atoms. The van der Waals surface area contributed by atoms with E-state index in [1.807, 2.05) is 31.2 Å². The molecule has 0 saturated carbocycles. The highest BCUT2D eigenvalue weighted by Crippen LogP contribution is 2.22. The number of hydrogen-bond donors (Lipinski definition) is 1. The molecule has 7 heteroatoms. The molecule has 1 N–H and O–H groups in total. The van der Waals surface area contributed by atoms with Gasteiger partial charge in [-0.05, 0) is 36.4 Å².